The first kappa shape index (κ1) is 13.1. The molecule has 0 unspecified atom stereocenters. The van der Waals surface area contributed by atoms with Gasteiger partial charge < -0.3 is 14.8 Å². The zero-order valence-electron chi connectivity index (χ0n) is 10.9. The van der Waals surface area contributed by atoms with Crippen molar-refractivity contribution in [3.05, 3.63) is 40.2 Å². The van der Waals surface area contributed by atoms with Crippen molar-refractivity contribution in [2.75, 3.05) is 6.61 Å². The maximum absolute atomic E-state index is 11.8. The van der Waals surface area contributed by atoms with Crippen LogP contribution in [-0.4, -0.2) is 21.7 Å². The highest BCUT2D eigenvalue weighted by Gasteiger charge is 2.10. The van der Waals surface area contributed by atoms with Gasteiger partial charge in [-0.3, -0.25) is 4.79 Å². The van der Waals surface area contributed by atoms with E-state index in [1.54, 1.807) is 19.1 Å². The van der Waals surface area contributed by atoms with Crippen LogP contribution in [0.15, 0.2) is 29.1 Å². The summed E-state index contributed by atoms with van der Waals surface area (Å²) < 4.78 is 5.39. The van der Waals surface area contributed by atoms with E-state index in [1.807, 2.05) is 19.1 Å². The third-order valence-corrected chi connectivity index (χ3v) is 2.77. The Kier molecular flexibility index (Phi) is 3.85. The molecule has 2 rings (SSSR count). The number of nitrogens with zero attached hydrogens (tertiary/aromatic N) is 1. The molecule has 0 radical (unpaired) electrons. The topological polar surface area (TPSA) is 75.2 Å². The first-order valence-electron chi connectivity index (χ1n) is 6.21. The Morgan fingerprint density at radius 3 is 2.79 bits per heavy atom. The fourth-order valence-electron chi connectivity index (χ4n) is 1.84. The van der Waals surface area contributed by atoms with Crippen molar-refractivity contribution in [3.8, 4) is 23.0 Å². The summed E-state index contributed by atoms with van der Waals surface area (Å²) in [5.41, 5.74) is 0.678. The normalized spacial score (nSPS) is 10.4. The van der Waals surface area contributed by atoms with Crippen molar-refractivity contribution in [2.24, 2.45) is 0 Å². The maximum Gasteiger partial charge on any atom is 0.258 e. The molecule has 0 bridgehead atoms. The van der Waals surface area contributed by atoms with Gasteiger partial charge in [-0.25, -0.2) is 0 Å². The zero-order valence-corrected chi connectivity index (χ0v) is 10.9. The maximum atomic E-state index is 11.8. The molecule has 2 N–H and O–H groups in total. The summed E-state index contributed by atoms with van der Waals surface area (Å²) in [6, 6.07) is 7.20. The molecule has 0 aliphatic rings. The lowest BCUT2D eigenvalue weighted by Gasteiger charge is -2.07. The second-order valence-electron chi connectivity index (χ2n) is 4.03. The summed E-state index contributed by atoms with van der Waals surface area (Å²) >= 11 is 0. The van der Waals surface area contributed by atoms with Crippen molar-refractivity contribution in [1.29, 1.82) is 0 Å². The van der Waals surface area contributed by atoms with E-state index in [4.69, 9.17) is 4.74 Å². The first-order chi connectivity index (χ1) is 9.15. The minimum atomic E-state index is -0.313. The van der Waals surface area contributed by atoms with Crippen LogP contribution in [0, 0.1) is 0 Å². The van der Waals surface area contributed by atoms with Gasteiger partial charge in [0.2, 0.25) is 5.88 Å². The number of benzene rings is 1. The number of aromatic hydroxyl groups is 1. The first-order valence-corrected chi connectivity index (χ1v) is 6.21. The van der Waals surface area contributed by atoms with Crippen LogP contribution in [0.2, 0.25) is 0 Å². The fourth-order valence-corrected chi connectivity index (χ4v) is 1.84. The van der Waals surface area contributed by atoms with Crippen molar-refractivity contribution < 1.29 is 9.84 Å². The largest absolute Gasteiger partial charge is 0.494 e. The lowest BCUT2D eigenvalue weighted by Crippen LogP contribution is -2.14. The number of nitrogens with one attached hydrogen (secondary N) is 1. The van der Waals surface area contributed by atoms with Gasteiger partial charge in [-0.2, -0.15) is 4.98 Å². The van der Waals surface area contributed by atoms with Crippen molar-refractivity contribution in [2.45, 2.75) is 20.3 Å². The van der Waals surface area contributed by atoms with E-state index in [0.717, 1.165) is 0 Å². The molecule has 0 fully saturated rings. The Labute approximate surface area is 110 Å². The standard InChI is InChI=1S/C14H16N2O3/c1-3-11-13(17)15-12(16-14(11)18)9-6-5-7-10(8-9)19-4-2/h5-8H,3-4H2,1-2H3,(H2,15,16,17,18). The Hall–Kier alpha value is -2.30. The van der Waals surface area contributed by atoms with Crippen molar-refractivity contribution in [1.82, 2.24) is 9.97 Å². The van der Waals surface area contributed by atoms with Gasteiger partial charge in [0.05, 0.1) is 12.2 Å². The average molecular weight is 260 g/mol. The van der Waals surface area contributed by atoms with E-state index in [2.05, 4.69) is 9.97 Å². The molecule has 0 amide bonds. The van der Waals surface area contributed by atoms with Gasteiger partial charge in [-0.1, -0.05) is 19.1 Å². The molecule has 5 heteroatoms. The highest BCUT2D eigenvalue weighted by Crippen LogP contribution is 2.22. The van der Waals surface area contributed by atoms with Gasteiger partial charge >= 0.3 is 0 Å². The molecule has 5 nitrogen and oxygen atoms in total. The van der Waals surface area contributed by atoms with E-state index >= 15 is 0 Å². The van der Waals surface area contributed by atoms with Crippen LogP contribution in [0.5, 0.6) is 11.6 Å². The van der Waals surface area contributed by atoms with Crippen molar-refractivity contribution in [3.63, 3.8) is 0 Å². The third-order valence-electron chi connectivity index (χ3n) is 2.77. The summed E-state index contributed by atoms with van der Waals surface area (Å²) in [6.07, 6.45) is 0.438. The Balaban J connectivity index is 2.47. The average Bonchev–Trinajstić information content (AvgIpc) is 2.39. The van der Waals surface area contributed by atoms with E-state index in [1.165, 1.54) is 0 Å². The van der Waals surface area contributed by atoms with Gasteiger partial charge in [-0.05, 0) is 25.5 Å². The lowest BCUT2D eigenvalue weighted by atomic mass is 10.2. The SMILES string of the molecule is CCOc1cccc(-c2nc(O)c(CC)c(=O)[nH]2)c1. The number of rotatable bonds is 4. The van der Waals surface area contributed by atoms with E-state index in [9.17, 15) is 9.90 Å². The van der Waals surface area contributed by atoms with Crippen LogP contribution in [0.25, 0.3) is 11.4 Å². The highest BCUT2D eigenvalue weighted by molar-refractivity contribution is 5.58. The monoisotopic (exact) mass is 260 g/mol. The van der Waals surface area contributed by atoms with Gasteiger partial charge in [0.15, 0.2) is 0 Å². The number of aromatic nitrogens is 2. The molecule has 1 aromatic carbocycles. The molecular formula is C14H16N2O3. The molecule has 0 spiro atoms. The number of aromatic amines is 1. The summed E-state index contributed by atoms with van der Waals surface area (Å²) in [5, 5.41) is 9.74. The second kappa shape index (κ2) is 5.56. The van der Waals surface area contributed by atoms with E-state index < -0.39 is 0 Å². The minimum absolute atomic E-state index is 0.219. The summed E-state index contributed by atoms with van der Waals surface area (Å²) in [7, 11) is 0. The molecule has 0 saturated heterocycles. The molecule has 0 aliphatic carbocycles. The molecule has 100 valence electrons. The van der Waals surface area contributed by atoms with Crippen LogP contribution in [0.4, 0.5) is 0 Å². The van der Waals surface area contributed by atoms with E-state index in [-0.39, 0.29) is 11.4 Å². The quantitative estimate of drug-likeness (QED) is 0.882. The number of hydrogen-bond donors (Lipinski definition) is 2. The molecule has 0 saturated carbocycles. The number of hydrogen-bond acceptors (Lipinski definition) is 4. The predicted octanol–water partition coefficient (Wildman–Crippen LogP) is 2.10. The van der Waals surface area contributed by atoms with E-state index in [0.29, 0.717) is 35.7 Å². The lowest BCUT2D eigenvalue weighted by molar-refractivity contribution is 0.340. The van der Waals surface area contributed by atoms with Crippen LogP contribution < -0.4 is 10.3 Å². The summed E-state index contributed by atoms with van der Waals surface area (Å²) in [5.74, 6) is 0.811. The van der Waals surface area contributed by atoms with Gasteiger partial charge in [0.1, 0.15) is 11.6 Å². The predicted molar refractivity (Wildman–Crippen MR) is 72.5 cm³/mol. The third kappa shape index (κ3) is 2.76. The molecule has 19 heavy (non-hydrogen) atoms. The summed E-state index contributed by atoms with van der Waals surface area (Å²) in [4.78, 5) is 18.5. The number of H-pyrrole nitrogens is 1. The van der Waals surface area contributed by atoms with Gasteiger partial charge in [0, 0.05) is 5.56 Å². The molecular weight excluding hydrogens is 244 g/mol. The highest BCUT2D eigenvalue weighted by atomic mass is 16.5. The van der Waals surface area contributed by atoms with Gasteiger partial charge in [0.25, 0.3) is 5.56 Å². The smallest absolute Gasteiger partial charge is 0.258 e. The minimum Gasteiger partial charge on any atom is -0.494 e. The Morgan fingerprint density at radius 2 is 2.16 bits per heavy atom. The Bertz CT molecular complexity index is 635. The molecule has 1 aromatic heterocycles. The molecule has 2 aromatic rings. The summed E-state index contributed by atoms with van der Waals surface area (Å²) in [6.45, 7) is 4.25. The van der Waals surface area contributed by atoms with Crippen LogP contribution in [0.3, 0.4) is 0 Å². The Morgan fingerprint density at radius 1 is 1.37 bits per heavy atom. The van der Waals surface area contributed by atoms with Crippen LogP contribution in [0.1, 0.15) is 19.4 Å². The fraction of sp³-hybridized carbons (Fsp3) is 0.286. The zero-order chi connectivity index (χ0) is 13.8. The second-order valence-corrected chi connectivity index (χ2v) is 4.03. The molecule has 0 atom stereocenters. The molecule has 0 aliphatic heterocycles. The molecule has 1 heterocycles. The van der Waals surface area contributed by atoms with Gasteiger partial charge in [-0.15, -0.1) is 0 Å². The van der Waals surface area contributed by atoms with Crippen LogP contribution >= 0.6 is 0 Å². The van der Waals surface area contributed by atoms with Crippen molar-refractivity contribution >= 4 is 0 Å². The number of ether oxygens (including phenoxy) is 1. The van der Waals surface area contributed by atoms with Crippen LogP contribution in [-0.2, 0) is 6.42 Å².